The van der Waals surface area contributed by atoms with E-state index in [1.54, 1.807) is 12.4 Å². The van der Waals surface area contributed by atoms with Crippen LogP contribution in [-0.4, -0.2) is 9.97 Å². The zero-order valence-electron chi connectivity index (χ0n) is 18.6. The van der Waals surface area contributed by atoms with Gasteiger partial charge in [0.15, 0.2) is 0 Å². The molecule has 6 heteroatoms. The molecular formula is C29H19F3IrN2-2. The van der Waals surface area contributed by atoms with E-state index in [1.807, 2.05) is 85.8 Å². The van der Waals surface area contributed by atoms with Crippen LogP contribution >= 0.6 is 0 Å². The van der Waals surface area contributed by atoms with E-state index in [4.69, 9.17) is 0 Å². The molecule has 5 aromatic rings. The van der Waals surface area contributed by atoms with Crippen molar-refractivity contribution >= 4 is 0 Å². The Balaban J connectivity index is 0.000000223. The Morgan fingerprint density at radius 2 is 1.49 bits per heavy atom. The average Bonchev–Trinajstić information content (AvgIpc) is 2.89. The normalized spacial score (nSPS) is 10.1. The van der Waals surface area contributed by atoms with Gasteiger partial charge in [-0.1, -0.05) is 42.5 Å². The van der Waals surface area contributed by atoms with E-state index in [0.717, 1.165) is 34.0 Å². The predicted molar refractivity (Wildman–Crippen MR) is 127 cm³/mol. The van der Waals surface area contributed by atoms with Crippen molar-refractivity contribution in [2.24, 2.45) is 0 Å². The minimum Gasteiger partial charge on any atom is -0.305 e. The summed E-state index contributed by atoms with van der Waals surface area (Å²) in [5, 5.41) is 0. The van der Waals surface area contributed by atoms with Crippen molar-refractivity contribution in [3.63, 3.8) is 0 Å². The SMILES string of the molecule is Cc1ccnc(-c2[c-]c(F)c(F)c(F)c2)c1-c1ccccc1.[Ir].[c-]1ccccc1-c1ccccn1. The molecule has 35 heavy (non-hydrogen) atoms. The molecule has 2 heterocycles. The summed E-state index contributed by atoms with van der Waals surface area (Å²) in [5.41, 5.74) is 4.96. The molecule has 0 amide bonds. The van der Waals surface area contributed by atoms with E-state index < -0.39 is 17.5 Å². The van der Waals surface area contributed by atoms with Crippen molar-refractivity contribution in [1.82, 2.24) is 9.97 Å². The summed E-state index contributed by atoms with van der Waals surface area (Å²) in [5.74, 6) is -4.14. The standard InChI is InChI=1S/C18H11F3N.C11H8N.Ir/c1-11-7-8-22-18(16(11)12-5-3-2-4-6-12)13-9-14(19)17(21)15(20)10-13;1-2-6-10(7-3-1)11-8-4-5-9-12-11;/h2-9H,1H3;1-6,8-9H;/q2*-1;. The molecule has 0 fully saturated rings. The number of halogens is 3. The van der Waals surface area contributed by atoms with Crippen LogP contribution in [0.3, 0.4) is 0 Å². The molecule has 2 aromatic heterocycles. The Morgan fingerprint density at radius 1 is 0.743 bits per heavy atom. The Hall–Kier alpha value is -3.60. The topological polar surface area (TPSA) is 25.8 Å². The summed E-state index contributed by atoms with van der Waals surface area (Å²) in [6.45, 7) is 1.88. The second-order valence-corrected chi connectivity index (χ2v) is 7.37. The smallest absolute Gasteiger partial charge is 0.108 e. The molecule has 0 bridgehead atoms. The maximum absolute atomic E-state index is 13.5. The van der Waals surface area contributed by atoms with Gasteiger partial charge in [-0.2, -0.15) is 0 Å². The van der Waals surface area contributed by atoms with Crippen LogP contribution < -0.4 is 0 Å². The molecular weight excluding hydrogens is 626 g/mol. The first-order valence-corrected chi connectivity index (χ1v) is 10.5. The summed E-state index contributed by atoms with van der Waals surface area (Å²) in [4.78, 5) is 8.43. The van der Waals surface area contributed by atoms with Crippen LogP contribution in [0.2, 0.25) is 0 Å². The molecule has 177 valence electrons. The van der Waals surface area contributed by atoms with Crippen LogP contribution in [-0.2, 0) is 20.1 Å². The van der Waals surface area contributed by atoms with Crippen molar-refractivity contribution in [3.8, 4) is 33.6 Å². The van der Waals surface area contributed by atoms with Crippen molar-refractivity contribution < 1.29 is 33.3 Å². The van der Waals surface area contributed by atoms with Crippen LogP contribution in [0.1, 0.15) is 5.56 Å². The molecule has 0 unspecified atom stereocenters. The molecule has 5 rings (SSSR count). The zero-order chi connectivity index (χ0) is 23.9. The van der Waals surface area contributed by atoms with Gasteiger partial charge >= 0.3 is 0 Å². The first-order chi connectivity index (χ1) is 16.5. The molecule has 0 saturated carbocycles. The van der Waals surface area contributed by atoms with Gasteiger partial charge in [0.1, 0.15) is 5.82 Å². The fraction of sp³-hybridized carbons (Fsp3) is 0.0345. The zero-order valence-corrected chi connectivity index (χ0v) is 21.0. The number of benzene rings is 3. The van der Waals surface area contributed by atoms with Gasteiger partial charge in [-0.3, -0.25) is 4.39 Å². The summed E-state index contributed by atoms with van der Waals surface area (Å²) < 4.78 is 40.1. The van der Waals surface area contributed by atoms with E-state index in [0.29, 0.717) is 5.69 Å². The molecule has 0 aliphatic carbocycles. The van der Waals surface area contributed by atoms with E-state index in [9.17, 15) is 13.2 Å². The van der Waals surface area contributed by atoms with Crippen LogP contribution in [0.15, 0.2) is 97.3 Å². The molecule has 0 N–H and O–H groups in total. The quantitative estimate of drug-likeness (QED) is 0.150. The van der Waals surface area contributed by atoms with Gasteiger partial charge in [0.25, 0.3) is 0 Å². The number of pyridine rings is 2. The van der Waals surface area contributed by atoms with E-state index in [1.165, 1.54) is 0 Å². The number of hydrogen-bond acceptors (Lipinski definition) is 2. The third kappa shape index (κ3) is 6.30. The number of rotatable bonds is 3. The van der Waals surface area contributed by atoms with E-state index in [2.05, 4.69) is 22.1 Å². The Labute approximate surface area is 215 Å². The molecule has 1 radical (unpaired) electrons. The third-order valence-electron chi connectivity index (χ3n) is 5.04. The fourth-order valence-corrected chi connectivity index (χ4v) is 3.44. The van der Waals surface area contributed by atoms with E-state index >= 15 is 0 Å². The van der Waals surface area contributed by atoms with Crippen molar-refractivity contribution in [1.29, 1.82) is 0 Å². The van der Waals surface area contributed by atoms with Gasteiger partial charge < -0.3 is 9.97 Å². The van der Waals surface area contributed by atoms with Crippen molar-refractivity contribution in [2.75, 3.05) is 0 Å². The molecule has 0 atom stereocenters. The van der Waals surface area contributed by atoms with Gasteiger partial charge in [-0.15, -0.1) is 53.6 Å². The number of hydrogen-bond donors (Lipinski definition) is 0. The average molecular weight is 645 g/mol. The van der Waals surface area contributed by atoms with Crippen LogP contribution in [0.25, 0.3) is 33.6 Å². The molecule has 0 saturated heterocycles. The summed E-state index contributed by atoms with van der Waals surface area (Å²) >= 11 is 0. The van der Waals surface area contributed by atoms with Gasteiger partial charge in [-0.05, 0) is 47.1 Å². The minimum absolute atomic E-state index is 0. The predicted octanol–water partition coefficient (Wildman–Crippen LogP) is 7.49. The largest absolute Gasteiger partial charge is 0.305 e. The summed E-state index contributed by atoms with van der Waals surface area (Å²) in [6, 6.07) is 31.1. The summed E-state index contributed by atoms with van der Waals surface area (Å²) in [7, 11) is 0. The Bertz CT molecular complexity index is 1320. The molecule has 0 spiro atoms. The number of aromatic nitrogens is 2. The monoisotopic (exact) mass is 645 g/mol. The second-order valence-electron chi connectivity index (χ2n) is 7.37. The first-order valence-electron chi connectivity index (χ1n) is 10.5. The van der Waals surface area contributed by atoms with Crippen LogP contribution in [0.4, 0.5) is 13.2 Å². The fourth-order valence-electron chi connectivity index (χ4n) is 3.44. The minimum atomic E-state index is -1.53. The van der Waals surface area contributed by atoms with Crippen molar-refractivity contribution in [3.05, 3.63) is 132 Å². The number of nitrogens with zero attached hydrogens (tertiary/aromatic N) is 2. The Morgan fingerprint density at radius 3 is 2.14 bits per heavy atom. The van der Waals surface area contributed by atoms with Gasteiger partial charge in [0.05, 0.1) is 11.6 Å². The van der Waals surface area contributed by atoms with Crippen LogP contribution in [0, 0.1) is 36.5 Å². The molecule has 0 aliphatic heterocycles. The van der Waals surface area contributed by atoms with Crippen LogP contribution in [0.5, 0.6) is 0 Å². The van der Waals surface area contributed by atoms with Crippen molar-refractivity contribution in [2.45, 2.75) is 6.92 Å². The molecule has 3 aromatic carbocycles. The molecule has 2 nitrogen and oxygen atoms in total. The second kappa shape index (κ2) is 12.2. The van der Waals surface area contributed by atoms with Gasteiger partial charge in [0.2, 0.25) is 0 Å². The Kier molecular flexibility index (Phi) is 9.07. The third-order valence-corrected chi connectivity index (χ3v) is 5.04. The first kappa shape index (κ1) is 26.0. The molecule has 0 aliphatic rings. The number of aryl methyl sites for hydroxylation is 1. The van der Waals surface area contributed by atoms with Gasteiger partial charge in [-0.25, -0.2) is 8.78 Å². The van der Waals surface area contributed by atoms with Gasteiger partial charge in [0, 0.05) is 32.5 Å². The maximum atomic E-state index is 13.5. The maximum Gasteiger partial charge on any atom is 0.108 e. The van der Waals surface area contributed by atoms with E-state index in [-0.39, 0.29) is 25.7 Å². The summed E-state index contributed by atoms with van der Waals surface area (Å²) in [6.07, 6.45) is 3.33.